The summed E-state index contributed by atoms with van der Waals surface area (Å²) in [5.41, 5.74) is 3.17. The number of carbonyl (C=O) groups is 1. The normalized spacial score (nSPS) is 13.0. The molecule has 4 N–H and O–H groups in total. The van der Waals surface area contributed by atoms with Crippen molar-refractivity contribution in [3.63, 3.8) is 0 Å². The summed E-state index contributed by atoms with van der Waals surface area (Å²) in [6.45, 7) is -0.0748. The average Bonchev–Trinajstić information content (AvgIpc) is 3.12. The molecule has 1 aromatic carbocycles. The van der Waals surface area contributed by atoms with Crippen molar-refractivity contribution in [3.05, 3.63) is 46.7 Å². The lowest BCUT2D eigenvalue weighted by Crippen LogP contribution is -2.31. The number of rotatable bonds is 7. The molecule has 2 aromatic heterocycles. The number of nitrogens with zero attached hydrogens (tertiary/aromatic N) is 2. The minimum Gasteiger partial charge on any atom is -0.493 e. The molecule has 0 saturated carbocycles. The van der Waals surface area contributed by atoms with Crippen LogP contribution in [0.1, 0.15) is 16.1 Å². The molecule has 0 unspecified atom stereocenters. The van der Waals surface area contributed by atoms with Crippen molar-refractivity contribution in [2.45, 2.75) is 12.8 Å². The first-order valence-electron chi connectivity index (χ1n) is 9.46. The minimum absolute atomic E-state index is 0.0566. The molecule has 0 saturated heterocycles. The Hall–Kier alpha value is -3.40. The number of H-pyrrole nitrogens is 1. The van der Waals surface area contributed by atoms with Crippen molar-refractivity contribution >= 4 is 34.8 Å². The number of fused-ring (bicyclic) bond motifs is 1. The van der Waals surface area contributed by atoms with E-state index in [-0.39, 0.29) is 11.9 Å². The lowest BCUT2D eigenvalue weighted by atomic mass is 10.1. The largest absolute Gasteiger partial charge is 0.493 e. The molecular formula is C20H19ClF2N6O2. The van der Waals surface area contributed by atoms with Gasteiger partial charge in [-0.15, -0.1) is 0 Å². The van der Waals surface area contributed by atoms with Gasteiger partial charge in [-0.3, -0.25) is 4.79 Å². The van der Waals surface area contributed by atoms with E-state index in [0.717, 1.165) is 5.69 Å². The summed E-state index contributed by atoms with van der Waals surface area (Å²) in [5.74, 6) is 0.238. The Labute approximate surface area is 181 Å². The Morgan fingerprint density at radius 1 is 1.32 bits per heavy atom. The van der Waals surface area contributed by atoms with Gasteiger partial charge in [0.1, 0.15) is 0 Å². The summed E-state index contributed by atoms with van der Waals surface area (Å²) in [6, 6.07) is 6.84. The fraction of sp³-hybridized carbons (Fsp3) is 0.250. The van der Waals surface area contributed by atoms with Gasteiger partial charge < -0.3 is 25.7 Å². The number of aromatic nitrogens is 3. The average molecular weight is 449 g/mol. The molecule has 3 heterocycles. The number of anilines is 3. The Morgan fingerprint density at radius 2 is 2.16 bits per heavy atom. The van der Waals surface area contributed by atoms with Crippen molar-refractivity contribution in [1.82, 2.24) is 20.3 Å². The highest BCUT2D eigenvalue weighted by atomic mass is 35.5. The standard InChI is InChI=1S/C20H19ClF2N6O2/c1-31-18-10(21)3-2-4-13(18)28-17-15-11(5-7-24-19(15)30)27-16(17)12-6-8-25-20(29-12)26-9-14(22)23/h2-4,6,8,14,27-28H,5,7,9H2,1H3,(H,24,30)(H,25,26,29). The number of carbonyl (C=O) groups excluding carboxylic acids is 1. The van der Waals surface area contributed by atoms with Crippen LogP contribution in [0.5, 0.6) is 5.75 Å². The summed E-state index contributed by atoms with van der Waals surface area (Å²) >= 11 is 6.24. The maximum absolute atomic E-state index is 12.7. The van der Waals surface area contributed by atoms with E-state index in [9.17, 15) is 13.6 Å². The molecule has 162 valence electrons. The smallest absolute Gasteiger partial charge is 0.255 e. The van der Waals surface area contributed by atoms with Crippen LogP contribution >= 0.6 is 11.6 Å². The fourth-order valence-electron chi connectivity index (χ4n) is 3.40. The second-order valence-electron chi connectivity index (χ2n) is 6.72. The number of aromatic amines is 1. The number of ether oxygens (including phenoxy) is 1. The number of para-hydroxylation sites is 1. The highest BCUT2D eigenvalue weighted by molar-refractivity contribution is 6.32. The third-order valence-corrected chi connectivity index (χ3v) is 5.02. The third-order valence-electron chi connectivity index (χ3n) is 4.72. The van der Waals surface area contributed by atoms with Gasteiger partial charge in [0.15, 0.2) is 5.75 Å². The number of hydrogen-bond acceptors (Lipinski definition) is 6. The zero-order valence-corrected chi connectivity index (χ0v) is 17.2. The van der Waals surface area contributed by atoms with Crippen molar-refractivity contribution in [3.8, 4) is 17.1 Å². The van der Waals surface area contributed by atoms with Gasteiger partial charge in [0.25, 0.3) is 12.3 Å². The quantitative estimate of drug-likeness (QED) is 0.438. The maximum atomic E-state index is 12.7. The summed E-state index contributed by atoms with van der Waals surface area (Å²) in [5, 5.41) is 8.97. The molecule has 0 spiro atoms. The van der Waals surface area contributed by atoms with Gasteiger partial charge in [-0.1, -0.05) is 17.7 Å². The topological polar surface area (TPSA) is 104 Å². The first-order chi connectivity index (χ1) is 15.0. The van der Waals surface area contributed by atoms with E-state index in [2.05, 4.69) is 30.9 Å². The molecule has 0 aliphatic carbocycles. The van der Waals surface area contributed by atoms with Gasteiger partial charge in [-0.25, -0.2) is 18.7 Å². The van der Waals surface area contributed by atoms with E-state index in [1.807, 2.05) is 0 Å². The van der Waals surface area contributed by atoms with Crippen LogP contribution in [0.2, 0.25) is 5.02 Å². The second-order valence-corrected chi connectivity index (χ2v) is 7.12. The van der Waals surface area contributed by atoms with Crippen LogP contribution < -0.4 is 20.7 Å². The first kappa shape index (κ1) is 20.9. The van der Waals surface area contributed by atoms with Crippen LogP contribution in [0.15, 0.2) is 30.5 Å². The van der Waals surface area contributed by atoms with Crippen molar-refractivity contribution in [1.29, 1.82) is 0 Å². The van der Waals surface area contributed by atoms with Gasteiger partial charge in [-0.05, 0) is 18.2 Å². The number of benzene rings is 1. The van der Waals surface area contributed by atoms with Crippen LogP contribution in [0.4, 0.5) is 26.1 Å². The molecule has 1 amide bonds. The molecule has 0 atom stereocenters. The van der Waals surface area contributed by atoms with Gasteiger partial charge in [0.05, 0.1) is 47.0 Å². The van der Waals surface area contributed by atoms with E-state index in [0.29, 0.717) is 52.1 Å². The summed E-state index contributed by atoms with van der Waals surface area (Å²) in [6.07, 6.45) is -0.481. The van der Waals surface area contributed by atoms with Crippen LogP contribution in [0, 0.1) is 0 Å². The number of nitrogens with one attached hydrogen (secondary N) is 4. The predicted molar refractivity (Wildman–Crippen MR) is 114 cm³/mol. The van der Waals surface area contributed by atoms with E-state index in [1.165, 1.54) is 13.3 Å². The Morgan fingerprint density at radius 3 is 2.94 bits per heavy atom. The van der Waals surface area contributed by atoms with E-state index >= 15 is 0 Å². The lowest BCUT2D eigenvalue weighted by Gasteiger charge is -2.17. The Bertz CT molecular complexity index is 1120. The number of alkyl halides is 2. The lowest BCUT2D eigenvalue weighted by molar-refractivity contribution is 0.0947. The van der Waals surface area contributed by atoms with E-state index < -0.39 is 13.0 Å². The molecule has 0 fully saturated rings. The van der Waals surface area contributed by atoms with Crippen LogP contribution in [-0.4, -0.2) is 47.5 Å². The molecule has 8 nitrogen and oxygen atoms in total. The van der Waals surface area contributed by atoms with Crippen molar-refractivity contribution in [2.24, 2.45) is 0 Å². The highest BCUT2D eigenvalue weighted by Gasteiger charge is 2.28. The van der Waals surface area contributed by atoms with Gasteiger partial charge in [-0.2, -0.15) is 0 Å². The maximum Gasteiger partial charge on any atom is 0.255 e. The SMILES string of the molecule is COc1c(Cl)cccc1Nc1c(-c2ccnc(NCC(F)F)n2)[nH]c2c1C(=O)NCC2. The molecule has 1 aliphatic rings. The van der Waals surface area contributed by atoms with Crippen molar-refractivity contribution in [2.75, 3.05) is 30.8 Å². The Kier molecular flexibility index (Phi) is 5.90. The molecule has 31 heavy (non-hydrogen) atoms. The zero-order chi connectivity index (χ0) is 22.0. The molecule has 3 aromatic rings. The molecule has 1 aliphatic heterocycles. The fourth-order valence-corrected chi connectivity index (χ4v) is 3.65. The number of halogens is 3. The number of methoxy groups -OCH3 is 1. The second kappa shape index (κ2) is 8.76. The predicted octanol–water partition coefficient (Wildman–Crippen LogP) is 3.84. The molecule has 0 radical (unpaired) electrons. The summed E-state index contributed by atoms with van der Waals surface area (Å²) in [7, 11) is 1.50. The molecule has 4 rings (SSSR count). The van der Waals surface area contributed by atoms with Gasteiger partial charge in [0, 0.05) is 24.9 Å². The van der Waals surface area contributed by atoms with Crippen molar-refractivity contribution < 1.29 is 18.3 Å². The zero-order valence-electron chi connectivity index (χ0n) is 16.4. The number of hydrogen-bond donors (Lipinski definition) is 4. The van der Waals surface area contributed by atoms with Gasteiger partial charge in [0.2, 0.25) is 5.95 Å². The number of amides is 1. The molecular weight excluding hydrogens is 430 g/mol. The summed E-state index contributed by atoms with van der Waals surface area (Å²) < 4.78 is 30.5. The summed E-state index contributed by atoms with van der Waals surface area (Å²) in [4.78, 5) is 24.2. The third kappa shape index (κ3) is 4.24. The first-order valence-corrected chi connectivity index (χ1v) is 9.83. The highest BCUT2D eigenvalue weighted by Crippen LogP contribution is 2.40. The van der Waals surface area contributed by atoms with Crippen LogP contribution in [0.3, 0.4) is 0 Å². The van der Waals surface area contributed by atoms with Crippen LogP contribution in [0.25, 0.3) is 11.4 Å². The van der Waals surface area contributed by atoms with Gasteiger partial charge >= 0.3 is 0 Å². The molecule has 0 bridgehead atoms. The monoisotopic (exact) mass is 448 g/mol. The minimum atomic E-state index is -2.54. The van der Waals surface area contributed by atoms with E-state index in [4.69, 9.17) is 16.3 Å². The Balaban J connectivity index is 1.80. The van der Waals surface area contributed by atoms with E-state index in [1.54, 1.807) is 24.3 Å². The van der Waals surface area contributed by atoms with Crippen LogP contribution in [-0.2, 0) is 6.42 Å². The molecule has 11 heteroatoms.